The minimum atomic E-state index is -3.58. The van der Waals surface area contributed by atoms with Crippen molar-refractivity contribution in [2.75, 3.05) is 12.3 Å². The second-order valence-electron chi connectivity index (χ2n) is 4.14. The van der Waals surface area contributed by atoms with Crippen molar-refractivity contribution in [2.45, 2.75) is 11.8 Å². The molecule has 0 fully saturated rings. The van der Waals surface area contributed by atoms with Gasteiger partial charge in [0.05, 0.1) is 21.8 Å². The molecule has 21 heavy (non-hydrogen) atoms. The third-order valence-electron chi connectivity index (χ3n) is 2.54. The van der Waals surface area contributed by atoms with Gasteiger partial charge in [-0.15, -0.1) is 0 Å². The van der Waals surface area contributed by atoms with Crippen LogP contribution in [0, 0.1) is 0 Å². The maximum absolute atomic E-state index is 12.0. The lowest BCUT2D eigenvalue weighted by Gasteiger charge is -2.11. The topological polar surface area (TPSA) is 94.3 Å². The first-order valence-corrected chi connectivity index (χ1v) is 7.96. The van der Waals surface area contributed by atoms with Crippen molar-refractivity contribution < 1.29 is 13.2 Å². The van der Waals surface area contributed by atoms with Crippen molar-refractivity contribution in [3.8, 4) is 11.5 Å². The summed E-state index contributed by atoms with van der Waals surface area (Å²) < 4.78 is 31.9. The molecule has 0 saturated heterocycles. The van der Waals surface area contributed by atoms with Crippen LogP contribution < -0.4 is 15.2 Å². The number of nitrogens with one attached hydrogen (secondary N) is 1. The van der Waals surface area contributed by atoms with Crippen LogP contribution >= 0.6 is 11.6 Å². The van der Waals surface area contributed by atoms with Gasteiger partial charge in [-0.1, -0.05) is 18.5 Å². The van der Waals surface area contributed by atoms with E-state index < -0.39 is 10.0 Å². The number of rotatable bonds is 5. The zero-order valence-electron chi connectivity index (χ0n) is 11.2. The Hall–Kier alpha value is -1.83. The number of aromatic nitrogens is 1. The molecule has 2 rings (SSSR count). The quantitative estimate of drug-likeness (QED) is 0.822. The maximum atomic E-state index is 12.0. The van der Waals surface area contributed by atoms with Gasteiger partial charge in [0.1, 0.15) is 5.75 Å². The van der Waals surface area contributed by atoms with Crippen LogP contribution in [-0.4, -0.2) is 19.9 Å². The van der Waals surface area contributed by atoms with Crippen LogP contribution in [-0.2, 0) is 10.0 Å². The summed E-state index contributed by atoms with van der Waals surface area (Å²) in [6.45, 7) is 1.99. The van der Waals surface area contributed by atoms with Crippen LogP contribution in [0.2, 0.25) is 5.02 Å². The fraction of sp³-hybridized carbons (Fsp3) is 0.154. The Labute approximate surface area is 128 Å². The number of hydrogen-bond donors (Lipinski definition) is 2. The summed E-state index contributed by atoms with van der Waals surface area (Å²) in [5.41, 5.74) is 6.11. The lowest BCUT2D eigenvalue weighted by atomic mass is 10.3. The largest absolute Gasteiger partial charge is 0.453 e. The van der Waals surface area contributed by atoms with E-state index >= 15 is 0 Å². The molecule has 0 aliphatic heterocycles. The normalized spacial score (nSPS) is 11.3. The smallest absolute Gasteiger partial charge is 0.240 e. The molecule has 1 heterocycles. The Balaban J connectivity index is 2.36. The van der Waals surface area contributed by atoms with Crippen LogP contribution in [0.3, 0.4) is 0 Å². The zero-order chi connectivity index (χ0) is 15.5. The molecule has 6 nitrogen and oxygen atoms in total. The summed E-state index contributed by atoms with van der Waals surface area (Å²) in [4.78, 5) is 3.96. The van der Waals surface area contributed by atoms with Crippen molar-refractivity contribution in [1.29, 1.82) is 0 Å². The van der Waals surface area contributed by atoms with Gasteiger partial charge in [0.15, 0.2) is 5.75 Å². The molecule has 112 valence electrons. The highest BCUT2D eigenvalue weighted by Gasteiger charge is 2.15. The van der Waals surface area contributed by atoms with Crippen LogP contribution in [0.15, 0.2) is 41.6 Å². The summed E-state index contributed by atoms with van der Waals surface area (Å²) in [5.74, 6) is 0.588. The van der Waals surface area contributed by atoms with Gasteiger partial charge in [0, 0.05) is 24.9 Å². The van der Waals surface area contributed by atoms with Gasteiger partial charge in [-0.05, 0) is 12.1 Å². The minimum Gasteiger partial charge on any atom is -0.453 e. The predicted molar refractivity (Wildman–Crippen MR) is 81.0 cm³/mol. The SMILES string of the molecule is CCNS(=O)(=O)c1ccc(N)c(Oc2cncc(Cl)c2)c1. The Kier molecular flexibility index (Phi) is 4.66. The molecule has 1 aromatic heterocycles. The second kappa shape index (κ2) is 6.30. The molecular weight excluding hydrogens is 314 g/mol. The molecule has 8 heteroatoms. The number of anilines is 1. The van der Waals surface area contributed by atoms with Crippen LogP contribution in [0.5, 0.6) is 11.5 Å². The Morgan fingerprint density at radius 1 is 1.33 bits per heavy atom. The first kappa shape index (κ1) is 15.6. The number of sulfonamides is 1. The number of hydrogen-bond acceptors (Lipinski definition) is 5. The lowest BCUT2D eigenvalue weighted by Crippen LogP contribution is -2.23. The Bertz CT molecular complexity index is 750. The molecule has 0 radical (unpaired) electrons. The molecule has 0 spiro atoms. The number of nitrogen functional groups attached to an aromatic ring is 1. The van der Waals surface area contributed by atoms with Gasteiger partial charge in [-0.25, -0.2) is 13.1 Å². The number of halogens is 1. The standard InChI is InChI=1S/C13H14ClN3O3S/c1-2-17-21(18,19)11-3-4-12(15)13(6-11)20-10-5-9(14)7-16-8-10/h3-8,17H,2,15H2,1H3. The third kappa shape index (κ3) is 3.84. The molecule has 0 atom stereocenters. The lowest BCUT2D eigenvalue weighted by molar-refractivity contribution is 0.480. The molecule has 0 aliphatic rings. The first-order chi connectivity index (χ1) is 9.92. The highest BCUT2D eigenvalue weighted by Crippen LogP contribution is 2.30. The summed E-state index contributed by atoms with van der Waals surface area (Å²) in [7, 11) is -3.58. The van der Waals surface area contributed by atoms with Gasteiger partial charge in [0.2, 0.25) is 10.0 Å². The molecule has 0 amide bonds. The first-order valence-electron chi connectivity index (χ1n) is 6.10. The number of benzene rings is 1. The van der Waals surface area contributed by atoms with Crippen molar-refractivity contribution in [1.82, 2.24) is 9.71 Å². The Morgan fingerprint density at radius 2 is 2.10 bits per heavy atom. The number of pyridine rings is 1. The molecule has 3 N–H and O–H groups in total. The van der Waals surface area contributed by atoms with Crippen molar-refractivity contribution in [2.24, 2.45) is 0 Å². The molecule has 2 aromatic rings. The fourth-order valence-corrected chi connectivity index (χ4v) is 2.84. The average Bonchev–Trinajstić information content (AvgIpc) is 2.41. The van der Waals surface area contributed by atoms with E-state index in [0.29, 0.717) is 23.0 Å². The van der Waals surface area contributed by atoms with Gasteiger partial charge in [-0.2, -0.15) is 0 Å². The van der Waals surface area contributed by atoms with Gasteiger partial charge >= 0.3 is 0 Å². The van der Waals surface area contributed by atoms with E-state index in [2.05, 4.69) is 9.71 Å². The van der Waals surface area contributed by atoms with E-state index in [-0.39, 0.29) is 10.6 Å². The van der Waals surface area contributed by atoms with Crippen LogP contribution in [0.25, 0.3) is 0 Å². The summed E-state index contributed by atoms with van der Waals surface area (Å²) in [5, 5.41) is 0.405. The average molecular weight is 328 g/mol. The summed E-state index contributed by atoms with van der Waals surface area (Å²) >= 11 is 5.82. The second-order valence-corrected chi connectivity index (χ2v) is 6.35. The number of nitrogens with two attached hydrogens (primary N) is 1. The maximum Gasteiger partial charge on any atom is 0.240 e. The zero-order valence-corrected chi connectivity index (χ0v) is 12.8. The Morgan fingerprint density at radius 3 is 2.76 bits per heavy atom. The number of ether oxygens (including phenoxy) is 1. The third-order valence-corrected chi connectivity index (χ3v) is 4.29. The molecular formula is C13H14ClN3O3S. The predicted octanol–water partition coefficient (Wildman–Crippen LogP) is 2.41. The van der Waals surface area contributed by atoms with Crippen LogP contribution in [0.4, 0.5) is 5.69 Å². The van der Waals surface area contributed by atoms with Gasteiger partial charge in [0.25, 0.3) is 0 Å². The number of nitrogens with zero attached hydrogens (tertiary/aromatic N) is 1. The van der Waals surface area contributed by atoms with E-state index in [1.807, 2.05) is 0 Å². The van der Waals surface area contributed by atoms with Crippen molar-refractivity contribution >= 4 is 27.3 Å². The minimum absolute atomic E-state index is 0.0727. The van der Waals surface area contributed by atoms with Gasteiger partial charge in [-0.3, -0.25) is 4.98 Å². The van der Waals surface area contributed by atoms with Crippen LogP contribution in [0.1, 0.15) is 6.92 Å². The summed E-state index contributed by atoms with van der Waals surface area (Å²) in [6, 6.07) is 5.79. The highest BCUT2D eigenvalue weighted by molar-refractivity contribution is 7.89. The van der Waals surface area contributed by atoms with E-state index in [4.69, 9.17) is 22.1 Å². The van der Waals surface area contributed by atoms with E-state index in [1.54, 1.807) is 13.0 Å². The molecule has 0 aliphatic carbocycles. The molecule has 1 aromatic carbocycles. The van der Waals surface area contributed by atoms with Crippen molar-refractivity contribution in [3.63, 3.8) is 0 Å². The highest BCUT2D eigenvalue weighted by atomic mass is 35.5. The monoisotopic (exact) mass is 327 g/mol. The van der Waals surface area contributed by atoms with Crippen molar-refractivity contribution in [3.05, 3.63) is 41.7 Å². The van der Waals surface area contributed by atoms with E-state index in [9.17, 15) is 8.42 Å². The van der Waals surface area contributed by atoms with Gasteiger partial charge < -0.3 is 10.5 Å². The molecule has 0 bridgehead atoms. The molecule has 0 unspecified atom stereocenters. The summed E-state index contributed by atoms with van der Waals surface area (Å²) in [6.07, 6.45) is 2.92. The fourth-order valence-electron chi connectivity index (χ4n) is 1.62. The van der Waals surface area contributed by atoms with E-state index in [1.165, 1.54) is 30.6 Å². The van der Waals surface area contributed by atoms with E-state index in [0.717, 1.165) is 0 Å². The molecule has 0 saturated carbocycles.